The van der Waals surface area contributed by atoms with Gasteiger partial charge in [-0.1, -0.05) is 13.8 Å². The molecule has 0 saturated carbocycles. The molecule has 2 heterocycles. The van der Waals surface area contributed by atoms with Crippen LogP contribution >= 0.6 is 0 Å². The molecule has 0 atom stereocenters. The van der Waals surface area contributed by atoms with Gasteiger partial charge < -0.3 is 4.57 Å². The van der Waals surface area contributed by atoms with Gasteiger partial charge in [-0.05, 0) is 20.8 Å². The van der Waals surface area contributed by atoms with Gasteiger partial charge in [0.25, 0.3) is 0 Å². The molecule has 0 amide bonds. The van der Waals surface area contributed by atoms with E-state index in [2.05, 4.69) is 35.7 Å². The van der Waals surface area contributed by atoms with Crippen LogP contribution in [0.2, 0.25) is 0 Å². The van der Waals surface area contributed by atoms with Crippen molar-refractivity contribution in [3.05, 3.63) is 18.9 Å². The molecule has 15 heavy (non-hydrogen) atoms. The summed E-state index contributed by atoms with van der Waals surface area (Å²) in [6.45, 7) is 10.4. The summed E-state index contributed by atoms with van der Waals surface area (Å²) in [6, 6.07) is 0. The molecule has 0 saturated heterocycles. The number of hydrogen-bond acceptors (Lipinski definition) is 3. The Kier molecular flexibility index (Phi) is 3.39. The van der Waals surface area contributed by atoms with E-state index in [9.17, 15) is 0 Å². The van der Waals surface area contributed by atoms with Gasteiger partial charge in [-0.15, -0.1) is 0 Å². The van der Waals surface area contributed by atoms with Crippen LogP contribution in [0, 0.1) is 0 Å². The summed E-state index contributed by atoms with van der Waals surface area (Å²) in [5, 5.41) is 0. The topological polar surface area (TPSA) is 43.6 Å². The Balaban J connectivity index is 0.000000531. The summed E-state index contributed by atoms with van der Waals surface area (Å²) in [7, 11) is 0. The lowest BCUT2D eigenvalue weighted by Crippen LogP contribution is -2.20. The molecule has 0 radical (unpaired) electrons. The quantitative estimate of drug-likeness (QED) is 0.665. The SMILES string of the molecule is CC.CC(C)(C)n1cnc2cncnc21. The second kappa shape index (κ2) is 4.38. The van der Waals surface area contributed by atoms with Crippen molar-refractivity contribution in [1.29, 1.82) is 0 Å². The Hall–Kier alpha value is -1.45. The van der Waals surface area contributed by atoms with Crippen LogP contribution in [0.1, 0.15) is 34.6 Å². The van der Waals surface area contributed by atoms with Gasteiger partial charge in [0.2, 0.25) is 0 Å². The molecule has 0 aliphatic heterocycles. The standard InChI is InChI=1S/C9H12N4.C2H6/c1-9(2,3)13-6-12-7-4-10-5-11-8(7)13;1-2/h4-6H,1-3H3;1-2H3. The zero-order valence-electron chi connectivity index (χ0n) is 10.0. The third-order valence-corrected chi connectivity index (χ3v) is 1.94. The van der Waals surface area contributed by atoms with E-state index >= 15 is 0 Å². The van der Waals surface area contributed by atoms with Gasteiger partial charge in [-0.3, -0.25) is 0 Å². The smallest absolute Gasteiger partial charge is 0.163 e. The molecule has 82 valence electrons. The van der Waals surface area contributed by atoms with Crippen molar-refractivity contribution in [3.63, 3.8) is 0 Å². The third kappa shape index (κ3) is 2.32. The molecule has 0 bridgehead atoms. The Morgan fingerprint density at radius 3 is 2.40 bits per heavy atom. The van der Waals surface area contributed by atoms with Crippen molar-refractivity contribution < 1.29 is 0 Å². The monoisotopic (exact) mass is 206 g/mol. The van der Waals surface area contributed by atoms with Crippen LogP contribution in [0.3, 0.4) is 0 Å². The fraction of sp³-hybridized carbons (Fsp3) is 0.545. The molecule has 0 N–H and O–H groups in total. The molecule has 2 aromatic heterocycles. The highest BCUT2D eigenvalue weighted by Gasteiger charge is 2.16. The highest BCUT2D eigenvalue weighted by Crippen LogP contribution is 2.18. The van der Waals surface area contributed by atoms with Crippen molar-refractivity contribution in [3.8, 4) is 0 Å². The highest BCUT2D eigenvalue weighted by molar-refractivity contribution is 5.69. The predicted octanol–water partition coefficient (Wildman–Crippen LogP) is 2.61. The van der Waals surface area contributed by atoms with E-state index in [0.29, 0.717) is 0 Å². The van der Waals surface area contributed by atoms with Crippen LogP contribution in [0.15, 0.2) is 18.9 Å². The first kappa shape index (κ1) is 11.6. The minimum Gasteiger partial charge on any atom is -0.310 e. The number of nitrogens with zero attached hydrogens (tertiary/aromatic N) is 4. The van der Waals surface area contributed by atoms with E-state index in [1.807, 2.05) is 18.4 Å². The molecule has 2 rings (SSSR count). The van der Waals surface area contributed by atoms with Gasteiger partial charge in [-0.2, -0.15) is 0 Å². The van der Waals surface area contributed by atoms with Crippen molar-refractivity contribution in [2.24, 2.45) is 0 Å². The lowest BCUT2D eigenvalue weighted by molar-refractivity contribution is 0.406. The lowest BCUT2D eigenvalue weighted by Gasteiger charge is -2.20. The van der Waals surface area contributed by atoms with E-state index in [-0.39, 0.29) is 5.54 Å². The summed E-state index contributed by atoms with van der Waals surface area (Å²) in [5.74, 6) is 0. The van der Waals surface area contributed by atoms with Crippen LogP contribution < -0.4 is 0 Å². The van der Waals surface area contributed by atoms with E-state index < -0.39 is 0 Å². The van der Waals surface area contributed by atoms with E-state index in [0.717, 1.165) is 11.2 Å². The molecule has 0 aliphatic rings. The largest absolute Gasteiger partial charge is 0.310 e. The lowest BCUT2D eigenvalue weighted by atomic mass is 10.1. The molecule has 4 heteroatoms. The number of rotatable bonds is 0. The first-order chi connectivity index (χ1) is 7.09. The summed E-state index contributed by atoms with van der Waals surface area (Å²) in [6.07, 6.45) is 5.08. The molecule has 0 aromatic carbocycles. The summed E-state index contributed by atoms with van der Waals surface area (Å²) in [4.78, 5) is 12.3. The minimum absolute atomic E-state index is 0.0170. The summed E-state index contributed by atoms with van der Waals surface area (Å²) < 4.78 is 2.05. The molecular formula is C11H18N4. The van der Waals surface area contributed by atoms with Crippen molar-refractivity contribution in [1.82, 2.24) is 19.5 Å². The van der Waals surface area contributed by atoms with E-state index in [4.69, 9.17) is 0 Å². The Morgan fingerprint density at radius 2 is 1.80 bits per heavy atom. The number of fused-ring (bicyclic) bond motifs is 1. The molecule has 2 aromatic rings. The van der Waals surface area contributed by atoms with Crippen molar-refractivity contribution >= 4 is 11.2 Å². The second-order valence-corrected chi connectivity index (χ2v) is 4.02. The number of hydrogen-bond donors (Lipinski definition) is 0. The average molecular weight is 206 g/mol. The van der Waals surface area contributed by atoms with Crippen molar-refractivity contribution in [2.45, 2.75) is 40.2 Å². The van der Waals surface area contributed by atoms with Crippen LogP contribution in [0.5, 0.6) is 0 Å². The fourth-order valence-electron chi connectivity index (χ4n) is 1.26. The second-order valence-electron chi connectivity index (χ2n) is 4.02. The van der Waals surface area contributed by atoms with E-state index in [1.54, 1.807) is 18.9 Å². The maximum absolute atomic E-state index is 4.22. The normalized spacial score (nSPS) is 11.0. The molecule has 0 fully saturated rings. The van der Waals surface area contributed by atoms with Gasteiger partial charge in [0.15, 0.2) is 5.65 Å². The average Bonchev–Trinajstić information content (AvgIpc) is 2.63. The first-order valence-electron chi connectivity index (χ1n) is 5.22. The highest BCUT2D eigenvalue weighted by atomic mass is 15.2. The Morgan fingerprint density at radius 1 is 1.13 bits per heavy atom. The van der Waals surface area contributed by atoms with Crippen LogP contribution in [0.4, 0.5) is 0 Å². The molecular weight excluding hydrogens is 188 g/mol. The fourth-order valence-corrected chi connectivity index (χ4v) is 1.26. The predicted molar refractivity (Wildman–Crippen MR) is 61.7 cm³/mol. The summed E-state index contributed by atoms with van der Waals surface area (Å²) >= 11 is 0. The summed E-state index contributed by atoms with van der Waals surface area (Å²) in [5.41, 5.74) is 1.75. The third-order valence-electron chi connectivity index (χ3n) is 1.94. The first-order valence-corrected chi connectivity index (χ1v) is 5.22. The number of imidazole rings is 1. The minimum atomic E-state index is 0.0170. The molecule has 0 unspecified atom stereocenters. The maximum Gasteiger partial charge on any atom is 0.163 e. The Labute approximate surface area is 90.4 Å². The zero-order chi connectivity index (χ0) is 11.5. The molecule has 0 aliphatic carbocycles. The van der Waals surface area contributed by atoms with Gasteiger partial charge in [0.05, 0.1) is 12.5 Å². The van der Waals surface area contributed by atoms with Gasteiger partial charge in [0, 0.05) is 5.54 Å². The molecule has 4 nitrogen and oxygen atoms in total. The van der Waals surface area contributed by atoms with Crippen LogP contribution in [0.25, 0.3) is 11.2 Å². The maximum atomic E-state index is 4.22. The van der Waals surface area contributed by atoms with Crippen LogP contribution in [-0.2, 0) is 5.54 Å². The van der Waals surface area contributed by atoms with Crippen molar-refractivity contribution in [2.75, 3.05) is 0 Å². The zero-order valence-corrected chi connectivity index (χ0v) is 10.0. The van der Waals surface area contributed by atoms with Gasteiger partial charge in [0.1, 0.15) is 11.8 Å². The van der Waals surface area contributed by atoms with E-state index in [1.165, 1.54) is 0 Å². The number of aromatic nitrogens is 4. The van der Waals surface area contributed by atoms with Crippen LogP contribution in [-0.4, -0.2) is 19.5 Å². The molecule has 0 spiro atoms. The Bertz CT molecular complexity index is 425. The van der Waals surface area contributed by atoms with Gasteiger partial charge in [-0.25, -0.2) is 15.0 Å². The van der Waals surface area contributed by atoms with Gasteiger partial charge >= 0.3 is 0 Å².